The Morgan fingerprint density at radius 1 is 1.25 bits per heavy atom. The van der Waals surface area contributed by atoms with Crippen LogP contribution >= 0.6 is 0 Å². The average Bonchev–Trinajstić information content (AvgIpc) is 3.36. The molecule has 1 aliphatic heterocycles. The fourth-order valence-electron chi connectivity index (χ4n) is 4.14. The van der Waals surface area contributed by atoms with E-state index >= 15 is 0 Å². The minimum Gasteiger partial charge on any atom is -0.342 e. The molecule has 0 saturated carbocycles. The molecule has 1 fully saturated rings. The van der Waals surface area contributed by atoms with E-state index < -0.39 is 0 Å². The quantitative estimate of drug-likeness (QED) is 0.584. The summed E-state index contributed by atoms with van der Waals surface area (Å²) in [4.78, 5) is 27.8. The van der Waals surface area contributed by atoms with Crippen molar-refractivity contribution < 1.29 is 4.79 Å². The van der Waals surface area contributed by atoms with Crippen molar-refractivity contribution in [2.75, 3.05) is 13.1 Å². The maximum Gasteiger partial charge on any atom is 0.257 e. The van der Waals surface area contributed by atoms with Crippen molar-refractivity contribution in [3.05, 3.63) is 59.3 Å². The monoisotopic (exact) mass is 374 g/mol. The molecule has 4 heterocycles. The van der Waals surface area contributed by atoms with Gasteiger partial charge >= 0.3 is 0 Å². The van der Waals surface area contributed by atoms with Gasteiger partial charge in [0.25, 0.3) is 5.91 Å². The number of hydrogen-bond acceptors (Lipinski definition) is 4. The summed E-state index contributed by atoms with van der Waals surface area (Å²) in [7, 11) is 0. The van der Waals surface area contributed by atoms with Crippen LogP contribution in [0.15, 0.2) is 36.7 Å². The first-order valence-corrected chi connectivity index (χ1v) is 9.65. The summed E-state index contributed by atoms with van der Waals surface area (Å²) < 4.78 is 1.72. The highest BCUT2D eigenvalue weighted by Gasteiger charge is 2.28. The molecule has 3 aromatic heterocycles. The van der Waals surface area contributed by atoms with Crippen LogP contribution in [-0.4, -0.2) is 48.5 Å². The molecule has 142 valence electrons. The number of imidazole rings is 1. The maximum absolute atomic E-state index is 13.2. The molecular weight excluding hydrogens is 352 g/mol. The van der Waals surface area contributed by atoms with Gasteiger partial charge in [-0.1, -0.05) is 12.1 Å². The number of hydrogen-bond donors (Lipinski definition) is 1. The van der Waals surface area contributed by atoms with Crippen molar-refractivity contribution >= 4 is 22.6 Å². The van der Waals surface area contributed by atoms with Gasteiger partial charge in [-0.25, -0.2) is 14.5 Å². The van der Waals surface area contributed by atoms with E-state index in [1.807, 2.05) is 24.0 Å². The van der Waals surface area contributed by atoms with Crippen molar-refractivity contribution in [3.63, 3.8) is 0 Å². The summed E-state index contributed by atoms with van der Waals surface area (Å²) in [5.74, 6) is 1.20. The van der Waals surface area contributed by atoms with E-state index in [2.05, 4.69) is 34.1 Å². The lowest BCUT2D eigenvalue weighted by Gasteiger charge is -2.32. The molecule has 7 heteroatoms. The number of para-hydroxylation sites is 1. The topological polar surface area (TPSA) is 79.2 Å². The maximum atomic E-state index is 13.2. The van der Waals surface area contributed by atoms with E-state index in [-0.39, 0.29) is 11.8 Å². The van der Waals surface area contributed by atoms with Gasteiger partial charge in [-0.2, -0.15) is 5.10 Å². The van der Waals surface area contributed by atoms with Gasteiger partial charge in [-0.15, -0.1) is 0 Å². The first-order chi connectivity index (χ1) is 13.6. The Bertz CT molecular complexity index is 1190. The molecule has 7 nitrogen and oxygen atoms in total. The Hall–Kier alpha value is -3.22. The SMILES string of the molecule is Cc1cccc2[nH]c([C@H]3CCCN(C(=O)c4cnc5ccnn5c4C)C3)nc12. The van der Waals surface area contributed by atoms with Crippen LogP contribution in [-0.2, 0) is 0 Å². The van der Waals surface area contributed by atoms with Crippen LogP contribution in [0.25, 0.3) is 16.7 Å². The molecule has 0 radical (unpaired) electrons. The van der Waals surface area contributed by atoms with E-state index in [0.717, 1.165) is 53.1 Å². The summed E-state index contributed by atoms with van der Waals surface area (Å²) >= 11 is 0. The lowest BCUT2D eigenvalue weighted by Crippen LogP contribution is -2.40. The number of benzene rings is 1. The van der Waals surface area contributed by atoms with Gasteiger partial charge in [-0.05, 0) is 38.3 Å². The summed E-state index contributed by atoms with van der Waals surface area (Å²) in [6.07, 6.45) is 5.36. The summed E-state index contributed by atoms with van der Waals surface area (Å²) in [5, 5.41) is 4.27. The first-order valence-electron chi connectivity index (χ1n) is 9.65. The first kappa shape index (κ1) is 16.9. The molecule has 1 N–H and O–H groups in total. The van der Waals surface area contributed by atoms with Crippen LogP contribution in [0.1, 0.15) is 46.2 Å². The molecule has 1 amide bonds. The highest BCUT2D eigenvalue weighted by atomic mass is 16.2. The van der Waals surface area contributed by atoms with Gasteiger partial charge in [-0.3, -0.25) is 4.79 Å². The predicted octanol–water partition coefficient (Wildman–Crippen LogP) is 3.24. The van der Waals surface area contributed by atoms with Gasteiger partial charge in [0.15, 0.2) is 5.65 Å². The molecule has 5 rings (SSSR count). The van der Waals surface area contributed by atoms with Crippen molar-refractivity contribution in [2.24, 2.45) is 0 Å². The molecule has 1 aliphatic rings. The molecule has 1 saturated heterocycles. The molecular formula is C21H22N6O. The third-order valence-corrected chi connectivity index (χ3v) is 5.71. The third-order valence-electron chi connectivity index (χ3n) is 5.71. The standard InChI is InChI=1S/C21H22N6O/c1-13-5-3-7-17-19(13)25-20(24-17)15-6-4-10-26(12-15)21(28)16-11-22-18-8-9-23-27(18)14(16)2/h3,5,7-9,11,15H,4,6,10,12H2,1-2H3,(H,24,25)/t15-/m0/s1. The van der Waals surface area contributed by atoms with Crippen LogP contribution < -0.4 is 0 Å². The van der Waals surface area contributed by atoms with E-state index in [1.54, 1.807) is 16.9 Å². The number of likely N-dealkylation sites (tertiary alicyclic amines) is 1. The number of rotatable bonds is 2. The van der Waals surface area contributed by atoms with Crippen LogP contribution in [0.5, 0.6) is 0 Å². The van der Waals surface area contributed by atoms with Crippen LogP contribution in [0.4, 0.5) is 0 Å². The molecule has 0 aliphatic carbocycles. The van der Waals surface area contributed by atoms with Crippen LogP contribution in [0, 0.1) is 13.8 Å². The fourth-order valence-corrected chi connectivity index (χ4v) is 4.14. The van der Waals surface area contributed by atoms with Gasteiger partial charge in [0.05, 0.1) is 28.5 Å². The molecule has 28 heavy (non-hydrogen) atoms. The second-order valence-corrected chi connectivity index (χ2v) is 7.54. The second-order valence-electron chi connectivity index (χ2n) is 7.54. The predicted molar refractivity (Wildman–Crippen MR) is 106 cm³/mol. The zero-order chi connectivity index (χ0) is 19.3. The summed E-state index contributed by atoms with van der Waals surface area (Å²) in [6.45, 7) is 5.41. The largest absolute Gasteiger partial charge is 0.342 e. The number of nitrogens with zero attached hydrogens (tertiary/aromatic N) is 5. The number of carbonyl (C=O) groups is 1. The molecule has 0 bridgehead atoms. The molecule has 4 aromatic rings. The molecule has 1 atom stereocenters. The molecule has 0 unspecified atom stereocenters. The highest BCUT2D eigenvalue weighted by molar-refractivity contribution is 5.95. The zero-order valence-corrected chi connectivity index (χ0v) is 16.0. The number of fused-ring (bicyclic) bond motifs is 2. The molecule has 1 aromatic carbocycles. The fraction of sp³-hybridized carbons (Fsp3) is 0.333. The van der Waals surface area contributed by atoms with Gasteiger partial charge in [0.1, 0.15) is 5.82 Å². The van der Waals surface area contributed by atoms with Crippen LogP contribution in [0.2, 0.25) is 0 Å². The van der Waals surface area contributed by atoms with Crippen molar-refractivity contribution in [2.45, 2.75) is 32.6 Å². The number of H-pyrrole nitrogens is 1. The van der Waals surface area contributed by atoms with Gasteiger partial charge < -0.3 is 9.88 Å². The second kappa shape index (κ2) is 6.44. The van der Waals surface area contributed by atoms with Crippen molar-refractivity contribution in [1.29, 1.82) is 0 Å². The van der Waals surface area contributed by atoms with Gasteiger partial charge in [0.2, 0.25) is 0 Å². The van der Waals surface area contributed by atoms with Gasteiger partial charge in [0, 0.05) is 31.3 Å². The minimum absolute atomic E-state index is 0.0133. The average molecular weight is 374 g/mol. The smallest absolute Gasteiger partial charge is 0.257 e. The number of aromatic amines is 1. The lowest BCUT2D eigenvalue weighted by molar-refractivity contribution is 0.0703. The zero-order valence-electron chi connectivity index (χ0n) is 16.0. The van der Waals surface area contributed by atoms with E-state index in [9.17, 15) is 4.79 Å². The Kier molecular flexibility index (Phi) is 3.89. The normalized spacial score (nSPS) is 17.5. The van der Waals surface area contributed by atoms with Crippen molar-refractivity contribution in [3.8, 4) is 0 Å². The van der Waals surface area contributed by atoms with Crippen molar-refractivity contribution in [1.82, 2.24) is 29.5 Å². The van der Waals surface area contributed by atoms with E-state index in [1.165, 1.54) is 0 Å². The third kappa shape index (κ3) is 2.66. The Morgan fingerprint density at radius 3 is 3.00 bits per heavy atom. The Labute approximate surface area is 162 Å². The number of aryl methyl sites for hydroxylation is 2. The number of carbonyl (C=O) groups excluding carboxylic acids is 1. The van der Waals surface area contributed by atoms with E-state index in [4.69, 9.17) is 4.98 Å². The van der Waals surface area contributed by atoms with Crippen LogP contribution in [0.3, 0.4) is 0 Å². The Balaban J connectivity index is 1.43. The van der Waals surface area contributed by atoms with E-state index in [0.29, 0.717) is 12.1 Å². The number of aromatic nitrogens is 5. The summed E-state index contributed by atoms with van der Waals surface area (Å²) in [6, 6.07) is 8.00. The number of piperidine rings is 1. The lowest BCUT2D eigenvalue weighted by atomic mass is 9.96. The highest BCUT2D eigenvalue weighted by Crippen LogP contribution is 2.28. The number of nitrogens with one attached hydrogen (secondary N) is 1. The number of amides is 1. The molecule has 0 spiro atoms. The minimum atomic E-state index is 0.0133. The Morgan fingerprint density at radius 2 is 2.14 bits per heavy atom. The summed E-state index contributed by atoms with van der Waals surface area (Å²) in [5.41, 5.74) is 5.42.